The van der Waals surface area contributed by atoms with Crippen molar-refractivity contribution >= 4 is 21.4 Å². The van der Waals surface area contributed by atoms with Gasteiger partial charge in [0.15, 0.2) is 0 Å². The van der Waals surface area contributed by atoms with E-state index in [1.54, 1.807) is 21.8 Å². The predicted octanol–water partition coefficient (Wildman–Crippen LogP) is 3.51. The van der Waals surface area contributed by atoms with Gasteiger partial charge in [0.1, 0.15) is 5.01 Å². The summed E-state index contributed by atoms with van der Waals surface area (Å²) in [5.41, 5.74) is 1.90. The van der Waals surface area contributed by atoms with Crippen molar-refractivity contribution in [3.63, 3.8) is 0 Å². The van der Waals surface area contributed by atoms with Crippen molar-refractivity contribution in [3.05, 3.63) is 52.0 Å². The summed E-state index contributed by atoms with van der Waals surface area (Å²) in [6, 6.07) is 7.59. The van der Waals surface area contributed by atoms with Crippen LogP contribution in [-0.4, -0.2) is 24.3 Å². The number of benzene rings is 1. The van der Waals surface area contributed by atoms with Crippen LogP contribution in [0.5, 0.6) is 0 Å². The van der Waals surface area contributed by atoms with Gasteiger partial charge < -0.3 is 0 Å². The first-order valence-corrected chi connectivity index (χ1v) is 10.0. The van der Waals surface area contributed by atoms with Gasteiger partial charge in [-0.15, -0.1) is 11.3 Å². The molecule has 1 aromatic carbocycles. The van der Waals surface area contributed by atoms with Gasteiger partial charge in [-0.3, -0.25) is 0 Å². The van der Waals surface area contributed by atoms with Gasteiger partial charge in [0.05, 0.1) is 11.8 Å². The molecule has 1 aliphatic rings. The van der Waals surface area contributed by atoms with Crippen LogP contribution in [0.4, 0.5) is 0 Å². The maximum Gasteiger partial charge on any atom is 0.218 e. The number of aromatic nitrogens is 1. The van der Waals surface area contributed by atoms with Gasteiger partial charge in [-0.1, -0.05) is 30.7 Å². The van der Waals surface area contributed by atoms with Gasteiger partial charge in [-0.2, -0.15) is 4.31 Å². The molecule has 0 bridgehead atoms. The van der Waals surface area contributed by atoms with E-state index >= 15 is 0 Å². The Morgan fingerprint density at radius 2 is 2.14 bits per heavy atom. The van der Waals surface area contributed by atoms with Crippen LogP contribution in [0.25, 0.3) is 0 Å². The molecule has 4 nitrogen and oxygen atoms in total. The van der Waals surface area contributed by atoms with Gasteiger partial charge in [0.25, 0.3) is 0 Å². The number of rotatable bonds is 4. The molecular formula is C16H20N2O2S2. The molecule has 1 fully saturated rings. The molecule has 6 heteroatoms. The molecule has 0 spiro atoms. The van der Waals surface area contributed by atoms with Gasteiger partial charge in [-0.05, 0) is 30.9 Å². The minimum absolute atomic E-state index is 0.0710. The van der Waals surface area contributed by atoms with Gasteiger partial charge >= 0.3 is 0 Å². The van der Waals surface area contributed by atoms with E-state index < -0.39 is 10.0 Å². The van der Waals surface area contributed by atoms with Gasteiger partial charge in [0, 0.05) is 18.1 Å². The molecule has 2 aromatic rings. The van der Waals surface area contributed by atoms with Crippen molar-refractivity contribution in [1.29, 1.82) is 0 Å². The Kier molecular flexibility index (Phi) is 4.61. The lowest BCUT2D eigenvalue weighted by molar-refractivity contribution is 0.255. The van der Waals surface area contributed by atoms with Crippen LogP contribution in [0.1, 0.15) is 41.4 Å². The van der Waals surface area contributed by atoms with E-state index in [9.17, 15) is 8.42 Å². The van der Waals surface area contributed by atoms with E-state index in [0.29, 0.717) is 6.54 Å². The molecular weight excluding hydrogens is 316 g/mol. The molecule has 1 aliphatic heterocycles. The Morgan fingerprint density at radius 1 is 1.32 bits per heavy atom. The van der Waals surface area contributed by atoms with Crippen LogP contribution in [0.15, 0.2) is 35.8 Å². The summed E-state index contributed by atoms with van der Waals surface area (Å²) in [5, 5.41) is 2.82. The standard InChI is InChI=1S/C16H20N2O2S2/c1-13-6-2-3-7-14(13)12-22(19,20)18-10-5-4-8-15(18)16-17-9-11-21-16/h2-3,6-7,9,11,15H,4-5,8,10,12H2,1H3. The summed E-state index contributed by atoms with van der Waals surface area (Å²) in [5.74, 6) is 0.0710. The molecule has 22 heavy (non-hydrogen) atoms. The van der Waals surface area contributed by atoms with Gasteiger partial charge in [0.2, 0.25) is 10.0 Å². The summed E-state index contributed by atoms with van der Waals surface area (Å²) in [6.07, 6.45) is 4.59. The van der Waals surface area contributed by atoms with Crippen LogP contribution in [0.2, 0.25) is 0 Å². The van der Waals surface area contributed by atoms with E-state index in [4.69, 9.17) is 0 Å². The molecule has 1 aromatic heterocycles. The molecule has 1 atom stereocenters. The number of aryl methyl sites for hydroxylation is 1. The highest BCUT2D eigenvalue weighted by molar-refractivity contribution is 7.88. The highest BCUT2D eigenvalue weighted by atomic mass is 32.2. The van der Waals surface area contributed by atoms with Crippen molar-refractivity contribution < 1.29 is 8.42 Å². The fraction of sp³-hybridized carbons (Fsp3) is 0.438. The van der Waals surface area contributed by atoms with Crippen molar-refractivity contribution in [1.82, 2.24) is 9.29 Å². The Labute approximate surface area is 135 Å². The lowest BCUT2D eigenvalue weighted by atomic mass is 10.1. The second-order valence-corrected chi connectivity index (χ2v) is 8.52. The minimum Gasteiger partial charge on any atom is -0.248 e. The number of sulfonamides is 1. The molecule has 0 amide bonds. The number of hydrogen-bond acceptors (Lipinski definition) is 4. The summed E-state index contributed by atoms with van der Waals surface area (Å²) < 4.78 is 27.5. The fourth-order valence-electron chi connectivity index (χ4n) is 2.94. The Balaban J connectivity index is 1.88. The van der Waals surface area contributed by atoms with Crippen LogP contribution in [-0.2, 0) is 15.8 Å². The lowest BCUT2D eigenvalue weighted by Gasteiger charge is -2.33. The summed E-state index contributed by atoms with van der Waals surface area (Å²) in [7, 11) is -3.33. The second kappa shape index (κ2) is 6.48. The Morgan fingerprint density at radius 3 is 2.86 bits per heavy atom. The summed E-state index contributed by atoms with van der Waals surface area (Å²) in [6.45, 7) is 2.55. The van der Waals surface area contributed by atoms with E-state index in [-0.39, 0.29) is 11.8 Å². The molecule has 3 rings (SSSR count). The van der Waals surface area contributed by atoms with Crippen LogP contribution < -0.4 is 0 Å². The summed E-state index contributed by atoms with van der Waals surface area (Å²) in [4.78, 5) is 4.34. The first kappa shape index (κ1) is 15.6. The normalized spacial score (nSPS) is 20.1. The van der Waals surface area contributed by atoms with E-state index in [0.717, 1.165) is 35.4 Å². The quantitative estimate of drug-likeness (QED) is 0.858. The predicted molar refractivity (Wildman–Crippen MR) is 89.2 cm³/mol. The average molecular weight is 336 g/mol. The van der Waals surface area contributed by atoms with Crippen LogP contribution in [0, 0.1) is 6.92 Å². The van der Waals surface area contributed by atoms with Crippen molar-refractivity contribution in [2.24, 2.45) is 0 Å². The van der Waals surface area contributed by atoms with E-state index in [1.165, 1.54) is 0 Å². The van der Waals surface area contributed by atoms with Gasteiger partial charge in [-0.25, -0.2) is 13.4 Å². The molecule has 0 radical (unpaired) electrons. The highest BCUT2D eigenvalue weighted by Crippen LogP contribution is 2.35. The zero-order valence-corrected chi connectivity index (χ0v) is 14.2. The number of nitrogens with zero attached hydrogens (tertiary/aromatic N) is 2. The molecule has 0 N–H and O–H groups in total. The largest absolute Gasteiger partial charge is 0.248 e. The third-order valence-corrected chi connectivity index (χ3v) is 6.85. The average Bonchev–Trinajstić information content (AvgIpc) is 3.04. The smallest absolute Gasteiger partial charge is 0.218 e. The Hall–Kier alpha value is -1.24. The third-order valence-electron chi connectivity index (χ3n) is 4.15. The third kappa shape index (κ3) is 3.24. The van der Waals surface area contributed by atoms with Crippen LogP contribution in [0.3, 0.4) is 0 Å². The summed E-state index contributed by atoms with van der Waals surface area (Å²) >= 11 is 1.54. The van der Waals surface area contributed by atoms with Crippen molar-refractivity contribution in [3.8, 4) is 0 Å². The van der Waals surface area contributed by atoms with Crippen molar-refractivity contribution in [2.75, 3.05) is 6.54 Å². The first-order valence-electron chi connectivity index (χ1n) is 7.51. The maximum atomic E-state index is 12.9. The number of hydrogen-bond donors (Lipinski definition) is 0. The monoisotopic (exact) mass is 336 g/mol. The van der Waals surface area contributed by atoms with Crippen LogP contribution >= 0.6 is 11.3 Å². The topological polar surface area (TPSA) is 50.3 Å². The molecule has 118 valence electrons. The zero-order valence-electron chi connectivity index (χ0n) is 12.6. The highest BCUT2D eigenvalue weighted by Gasteiger charge is 2.34. The Bertz CT molecular complexity index is 726. The lowest BCUT2D eigenvalue weighted by Crippen LogP contribution is -2.39. The second-order valence-electron chi connectivity index (χ2n) is 5.68. The zero-order chi connectivity index (χ0) is 15.6. The van der Waals surface area contributed by atoms with E-state index in [2.05, 4.69) is 4.98 Å². The first-order chi connectivity index (χ1) is 10.6. The van der Waals surface area contributed by atoms with Crippen molar-refractivity contribution in [2.45, 2.75) is 38.0 Å². The molecule has 1 unspecified atom stereocenters. The molecule has 2 heterocycles. The molecule has 1 saturated heterocycles. The SMILES string of the molecule is Cc1ccccc1CS(=O)(=O)N1CCCCC1c1nccs1. The number of piperidine rings is 1. The molecule has 0 aliphatic carbocycles. The minimum atomic E-state index is -3.33. The molecule has 0 saturated carbocycles. The van der Waals surface area contributed by atoms with E-state index in [1.807, 2.05) is 36.6 Å². The fourth-order valence-corrected chi connectivity index (χ4v) is 5.67. The maximum absolute atomic E-state index is 12.9. The number of thiazole rings is 1.